The van der Waals surface area contributed by atoms with E-state index < -0.39 is 16.2 Å². The van der Waals surface area contributed by atoms with Gasteiger partial charge < -0.3 is 14.2 Å². The molecule has 2 N–H and O–H groups in total. The third kappa shape index (κ3) is 5.87. The molecule has 2 aliphatic heterocycles. The van der Waals surface area contributed by atoms with Crippen molar-refractivity contribution in [3.05, 3.63) is 72.3 Å². The van der Waals surface area contributed by atoms with Crippen molar-refractivity contribution in [3.63, 3.8) is 0 Å². The molecule has 2 aromatic carbocycles. The largest absolute Gasteiger partial charge is 0.421 e. The van der Waals surface area contributed by atoms with E-state index in [1.165, 1.54) is 0 Å². The number of carbonyl (C=O) groups is 1. The van der Waals surface area contributed by atoms with Crippen LogP contribution in [0.15, 0.2) is 65.2 Å². The Kier molecular flexibility index (Phi) is 7.19. The van der Waals surface area contributed by atoms with Gasteiger partial charge in [-0.25, -0.2) is 13.8 Å². The molecule has 1 fully saturated rings. The minimum atomic E-state index is -3.47. The molecule has 1 saturated heterocycles. The summed E-state index contributed by atoms with van der Waals surface area (Å²) in [7, 11) is -1.39. The second-order valence-electron chi connectivity index (χ2n) is 9.66. The van der Waals surface area contributed by atoms with Crippen molar-refractivity contribution in [3.8, 4) is 11.5 Å². The summed E-state index contributed by atoms with van der Waals surface area (Å²) in [6, 6.07) is 14.3. The number of sulfonamides is 1. The van der Waals surface area contributed by atoms with Gasteiger partial charge in [0.25, 0.3) is 5.91 Å². The van der Waals surface area contributed by atoms with Crippen molar-refractivity contribution in [1.29, 1.82) is 0 Å². The number of nitrogens with zero attached hydrogens (tertiary/aromatic N) is 5. The van der Waals surface area contributed by atoms with Crippen molar-refractivity contribution in [2.75, 3.05) is 36.1 Å². The molecule has 12 heteroatoms. The van der Waals surface area contributed by atoms with E-state index in [0.29, 0.717) is 23.0 Å². The van der Waals surface area contributed by atoms with Gasteiger partial charge in [-0.3, -0.25) is 14.5 Å². The Morgan fingerprint density at radius 3 is 2.61 bits per heavy atom. The van der Waals surface area contributed by atoms with Crippen LogP contribution in [0.3, 0.4) is 0 Å². The predicted octanol–water partition coefficient (Wildman–Crippen LogP) is 2.82. The number of hydrogen-bond acceptors (Lipinski definition) is 9. The van der Waals surface area contributed by atoms with Crippen LogP contribution in [-0.4, -0.2) is 72.9 Å². The average molecular weight is 538 g/mol. The molecule has 200 valence electrons. The van der Waals surface area contributed by atoms with Gasteiger partial charge in [-0.05, 0) is 75.5 Å². The molecule has 0 spiro atoms. The van der Waals surface area contributed by atoms with Crippen molar-refractivity contribution >= 4 is 27.3 Å². The van der Waals surface area contributed by atoms with Crippen LogP contribution in [0, 0.1) is 6.92 Å². The molecule has 0 saturated carbocycles. The summed E-state index contributed by atoms with van der Waals surface area (Å²) in [5.41, 5.74) is 5.85. The van der Waals surface area contributed by atoms with Crippen LogP contribution in [0.5, 0.6) is 0 Å². The molecule has 5 rings (SSSR count). The van der Waals surface area contributed by atoms with Gasteiger partial charge in [-0.2, -0.15) is 0 Å². The normalized spacial score (nSPS) is 18.6. The summed E-state index contributed by atoms with van der Waals surface area (Å²) < 4.78 is 31.5. The van der Waals surface area contributed by atoms with Gasteiger partial charge in [0.1, 0.15) is 6.17 Å². The van der Waals surface area contributed by atoms with E-state index in [9.17, 15) is 13.2 Å². The highest BCUT2D eigenvalue weighted by Crippen LogP contribution is 2.28. The van der Waals surface area contributed by atoms with E-state index in [1.807, 2.05) is 46.5 Å². The number of aryl methyl sites for hydroxylation is 1. The van der Waals surface area contributed by atoms with Gasteiger partial charge in [-0.15, -0.1) is 10.2 Å². The average Bonchev–Trinajstić information content (AvgIpc) is 3.54. The number of carbonyl (C=O) groups excluding carboxylic acids is 1. The van der Waals surface area contributed by atoms with E-state index in [2.05, 4.69) is 32.3 Å². The SMILES string of the molecule is Cc1nnc(-c2cccc(N3C=CC(N(C(=O)c4cccc(NS(C)(=O)=O)c4)C4CCN(C)CC4)N3)c2)o1. The molecule has 0 radical (unpaired) electrons. The lowest BCUT2D eigenvalue weighted by Gasteiger charge is -2.40. The number of aromatic nitrogens is 2. The summed E-state index contributed by atoms with van der Waals surface area (Å²) in [6.45, 7) is 3.52. The van der Waals surface area contributed by atoms with E-state index in [0.717, 1.165) is 43.4 Å². The van der Waals surface area contributed by atoms with Gasteiger partial charge >= 0.3 is 0 Å². The molecular weight excluding hydrogens is 506 g/mol. The lowest BCUT2D eigenvalue weighted by Crippen LogP contribution is -2.56. The first-order chi connectivity index (χ1) is 18.2. The minimum absolute atomic E-state index is 0.0139. The highest BCUT2D eigenvalue weighted by atomic mass is 32.2. The number of anilines is 2. The van der Waals surface area contributed by atoms with E-state index in [1.54, 1.807) is 31.2 Å². The number of rotatable bonds is 7. The van der Waals surface area contributed by atoms with Crippen LogP contribution < -0.4 is 15.2 Å². The Labute approximate surface area is 222 Å². The highest BCUT2D eigenvalue weighted by molar-refractivity contribution is 7.92. The first-order valence-electron chi connectivity index (χ1n) is 12.4. The van der Waals surface area contributed by atoms with Crippen molar-refractivity contribution in [2.45, 2.75) is 32.0 Å². The van der Waals surface area contributed by atoms with Gasteiger partial charge in [0.2, 0.25) is 21.8 Å². The standard InChI is InChI=1S/C26H31N7O4S/c1-18-27-28-25(37-18)19-6-5-9-23(17-19)32-15-12-24(29-32)33(22-10-13-31(2)14-11-22)26(34)20-7-4-8-21(16-20)30-38(3,35)36/h4-9,12,15-17,22,24,29-30H,10-11,13-14H2,1-3H3. The summed E-state index contributed by atoms with van der Waals surface area (Å²) >= 11 is 0. The number of benzene rings is 2. The molecular formula is C26H31N7O4S. The third-order valence-corrected chi connectivity index (χ3v) is 7.22. The van der Waals surface area contributed by atoms with Gasteiger partial charge in [0, 0.05) is 36.0 Å². The Morgan fingerprint density at radius 1 is 1.13 bits per heavy atom. The first kappa shape index (κ1) is 25.9. The number of hydrazine groups is 1. The quantitative estimate of drug-likeness (QED) is 0.468. The fourth-order valence-corrected chi connectivity index (χ4v) is 5.34. The van der Waals surface area contributed by atoms with Gasteiger partial charge in [0.05, 0.1) is 11.9 Å². The molecule has 1 amide bonds. The van der Waals surface area contributed by atoms with Crippen LogP contribution in [0.25, 0.3) is 11.5 Å². The van der Waals surface area contributed by atoms with Crippen LogP contribution in [0.2, 0.25) is 0 Å². The second-order valence-corrected chi connectivity index (χ2v) is 11.4. The fraction of sp³-hybridized carbons (Fsp3) is 0.346. The molecule has 0 aliphatic carbocycles. The zero-order valence-corrected chi connectivity index (χ0v) is 22.4. The van der Waals surface area contributed by atoms with Crippen molar-refractivity contribution in [1.82, 2.24) is 25.4 Å². The Bertz CT molecular complexity index is 1450. The van der Waals surface area contributed by atoms with Crippen LogP contribution >= 0.6 is 0 Å². The number of piperidine rings is 1. The van der Waals surface area contributed by atoms with Crippen molar-refractivity contribution < 1.29 is 17.6 Å². The Hall–Kier alpha value is -3.74. The molecule has 3 heterocycles. The predicted molar refractivity (Wildman–Crippen MR) is 145 cm³/mol. The number of nitrogens with one attached hydrogen (secondary N) is 2. The Balaban J connectivity index is 1.40. The molecule has 1 atom stereocenters. The molecule has 2 aliphatic rings. The maximum atomic E-state index is 13.9. The van der Waals surface area contributed by atoms with E-state index >= 15 is 0 Å². The number of likely N-dealkylation sites (tertiary alicyclic amines) is 1. The van der Waals surface area contributed by atoms with Crippen LogP contribution in [0.4, 0.5) is 11.4 Å². The highest BCUT2D eigenvalue weighted by Gasteiger charge is 2.35. The summed E-state index contributed by atoms with van der Waals surface area (Å²) in [4.78, 5) is 18.1. The summed E-state index contributed by atoms with van der Waals surface area (Å²) in [5.74, 6) is 0.762. The number of amides is 1. The Morgan fingerprint density at radius 2 is 1.89 bits per heavy atom. The second kappa shape index (κ2) is 10.6. The molecule has 1 aromatic heterocycles. The van der Waals surface area contributed by atoms with Crippen molar-refractivity contribution in [2.24, 2.45) is 0 Å². The molecule has 11 nitrogen and oxygen atoms in total. The molecule has 38 heavy (non-hydrogen) atoms. The third-order valence-electron chi connectivity index (χ3n) is 6.61. The topological polar surface area (TPSA) is 124 Å². The zero-order valence-electron chi connectivity index (χ0n) is 21.5. The van der Waals surface area contributed by atoms with Crippen LogP contribution in [0.1, 0.15) is 29.1 Å². The summed E-state index contributed by atoms with van der Waals surface area (Å²) in [6.07, 6.45) is 6.22. The van der Waals surface area contributed by atoms with Crippen LogP contribution in [-0.2, 0) is 10.0 Å². The molecule has 1 unspecified atom stereocenters. The summed E-state index contributed by atoms with van der Waals surface area (Å²) in [5, 5.41) is 9.89. The molecule has 3 aromatic rings. The molecule has 0 bridgehead atoms. The first-order valence-corrected chi connectivity index (χ1v) is 14.3. The minimum Gasteiger partial charge on any atom is -0.421 e. The smallest absolute Gasteiger partial charge is 0.255 e. The zero-order chi connectivity index (χ0) is 26.9. The lowest BCUT2D eigenvalue weighted by molar-refractivity contribution is 0.0487. The maximum Gasteiger partial charge on any atom is 0.255 e. The monoisotopic (exact) mass is 537 g/mol. The van der Waals surface area contributed by atoms with E-state index in [4.69, 9.17) is 4.42 Å². The number of hydrogen-bond donors (Lipinski definition) is 2. The van der Waals surface area contributed by atoms with Gasteiger partial charge in [-0.1, -0.05) is 12.1 Å². The maximum absolute atomic E-state index is 13.9. The fourth-order valence-electron chi connectivity index (χ4n) is 4.78. The van der Waals surface area contributed by atoms with E-state index in [-0.39, 0.29) is 11.9 Å². The lowest BCUT2D eigenvalue weighted by atomic mass is 10.0. The van der Waals surface area contributed by atoms with Gasteiger partial charge in [0.15, 0.2) is 0 Å².